The summed E-state index contributed by atoms with van der Waals surface area (Å²) in [4.78, 5) is 70.2. The van der Waals surface area contributed by atoms with Crippen LogP contribution in [0.1, 0.15) is 97.1 Å². The molecule has 0 spiro atoms. The number of amides is 4. The van der Waals surface area contributed by atoms with E-state index in [4.69, 9.17) is 14.5 Å². The van der Waals surface area contributed by atoms with Crippen molar-refractivity contribution < 1.29 is 38.6 Å². The Morgan fingerprint density at radius 1 is 1.03 bits per heavy atom. The minimum atomic E-state index is -0.967. The van der Waals surface area contributed by atoms with Crippen molar-refractivity contribution in [3.63, 3.8) is 0 Å². The van der Waals surface area contributed by atoms with Crippen LogP contribution in [0.15, 0.2) is 55.4 Å². The highest BCUT2D eigenvalue weighted by Crippen LogP contribution is 2.42. The van der Waals surface area contributed by atoms with Gasteiger partial charge < -0.3 is 38.8 Å². The maximum absolute atomic E-state index is 14.0. The normalized spacial score (nSPS) is 15.4. The fourth-order valence-corrected chi connectivity index (χ4v) is 9.23. The number of likely N-dealkylation sites (N-methyl/N-ethyl adjacent to an activating group) is 1. The number of phenols is 1. The number of nitrogens with one attached hydrogen (secondary N) is 2. The van der Waals surface area contributed by atoms with Gasteiger partial charge in [0.05, 0.1) is 30.4 Å². The van der Waals surface area contributed by atoms with Crippen LogP contribution in [0.2, 0.25) is 0 Å². The van der Waals surface area contributed by atoms with Crippen LogP contribution in [0, 0.1) is 11.3 Å². The first-order chi connectivity index (χ1) is 31.8. The molecule has 4 heterocycles. The number of phenolic OH excluding ortho intramolecular Hbond substituents is 1. The lowest BCUT2D eigenvalue weighted by atomic mass is 9.84. The molecule has 3 atom stereocenters. The first kappa shape index (κ1) is 52.0. The number of hydrazine groups is 1. The van der Waals surface area contributed by atoms with Crippen molar-refractivity contribution in [2.75, 3.05) is 46.9 Å². The van der Waals surface area contributed by atoms with E-state index in [-0.39, 0.29) is 48.6 Å². The van der Waals surface area contributed by atoms with E-state index in [1.807, 2.05) is 49.4 Å². The van der Waals surface area contributed by atoms with Gasteiger partial charge in [0.15, 0.2) is 0 Å². The molecule has 3 unspecified atom stereocenters. The van der Waals surface area contributed by atoms with Crippen molar-refractivity contribution >= 4 is 41.0 Å². The largest absolute Gasteiger partial charge is 0.508 e. The van der Waals surface area contributed by atoms with Crippen LogP contribution in [0.3, 0.4) is 0 Å². The Labute approximate surface area is 395 Å². The van der Waals surface area contributed by atoms with Crippen LogP contribution in [-0.2, 0) is 59.9 Å². The summed E-state index contributed by atoms with van der Waals surface area (Å²) >= 11 is 0. The third-order valence-corrected chi connectivity index (χ3v) is 12.6. The van der Waals surface area contributed by atoms with Gasteiger partial charge in [-0.25, -0.2) is 10.4 Å². The van der Waals surface area contributed by atoms with Crippen molar-refractivity contribution in [2.24, 2.45) is 18.4 Å². The van der Waals surface area contributed by atoms with Gasteiger partial charge in [0.2, 0.25) is 18.2 Å². The van der Waals surface area contributed by atoms with E-state index in [0.29, 0.717) is 38.0 Å². The lowest BCUT2D eigenvalue weighted by Gasteiger charge is -2.33. The van der Waals surface area contributed by atoms with Crippen LogP contribution < -0.4 is 10.7 Å². The van der Waals surface area contributed by atoms with Crippen LogP contribution >= 0.6 is 0 Å². The number of esters is 1. The standard InChI is InChI=1S/C44H61N7O7.C7H11NO/c1-11-50-37-15-14-31(22-34(37)35(23-44(6,7)24-58-29(5)53)41(50)38-40(28(4)57-10)48(8)25-45-38)32-18-30(19-33(54)21-32)20-36(43(56)51-17-13-12-16-46-51)47-42(55)39(27(2)3)49(9)26-52;1-2-7(9)8-5-3-4-6-8/h14-15,18-19,21-22,25-28,36,39,46,54H,11-13,16-17,20,23-24H2,1-10H3,(H,47,55);2H,1,3-6H2. The van der Waals surface area contributed by atoms with Crippen LogP contribution in [0.5, 0.6) is 5.75 Å². The lowest BCUT2D eigenvalue weighted by molar-refractivity contribution is -0.144. The van der Waals surface area contributed by atoms with E-state index in [1.54, 1.807) is 37.6 Å². The number of nitrogens with zero attached hydrogens (tertiary/aromatic N) is 6. The number of rotatable bonds is 18. The predicted molar refractivity (Wildman–Crippen MR) is 260 cm³/mol. The van der Waals surface area contributed by atoms with E-state index in [9.17, 15) is 29.1 Å². The number of hydrogen-bond acceptors (Lipinski definition) is 10. The summed E-state index contributed by atoms with van der Waals surface area (Å²) in [6.07, 6.45) is 8.31. The molecule has 0 saturated carbocycles. The SMILES string of the molecule is C=CC(=O)N1CCCC1.CCn1c(-c2ncn(C)c2C(C)OC)c(CC(C)(C)COC(C)=O)c2cc(-c3cc(O)cc(CC(NC(=O)C(C(C)C)N(C)C=O)C(=O)N4CCCCN4)c3)ccc21. The fourth-order valence-electron chi connectivity index (χ4n) is 9.23. The number of aromatic nitrogens is 3. The quantitative estimate of drug-likeness (QED) is 0.0580. The maximum Gasteiger partial charge on any atom is 0.302 e. The number of hydrogen-bond donors (Lipinski definition) is 3. The Balaban J connectivity index is 0.000000834. The molecule has 0 bridgehead atoms. The molecule has 2 aromatic heterocycles. The molecule has 16 heteroatoms. The van der Waals surface area contributed by atoms with Gasteiger partial charge in [0.1, 0.15) is 23.5 Å². The Morgan fingerprint density at radius 3 is 2.33 bits per heavy atom. The zero-order valence-corrected chi connectivity index (χ0v) is 41.2. The summed E-state index contributed by atoms with van der Waals surface area (Å²) in [6, 6.07) is 9.72. The number of ether oxygens (including phenoxy) is 2. The molecule has 0 aliphatic carbocycles. The number of imidazole rings is 1. The number of methoxy groups -OCH3 is 1. The zero-order valence-electron chi connectivity index (χ0n) is 41.2. The number of aromatic hydroxyl groups is 1. The van der Waals surface area contributed by atoms with E-state index < -0.39 is 23.4 Å². The van der Waals surface area contributed by atoms with Gasteiger partial charge in [0, 0.05) is 83.6 Å². The predicted octanol–water partition coefficient (Wildman–Crippen LogP) is 6.34. The summed E-state index contributed by atoms with van der Waals surface area (Å²) in [7, 11) is 5.19. The number of fused-ring (bicyclic) bond motifs is 1. The highest BCUT2D eigenvalue weighted by atomic mass is 16.5. The van der Waals surface area contributed by atoms with Gasteiger partial charge in [-0.05, 0) is 104 Å². The van der Waals surface area contributed by atoms with Crippen LogP contribution in [0.25, 0.3) is 33.4 Å². The van der Waals surface area contributed by atoms with Crippen molar-refractivity contribution in [1.82, 2.24) is 39.7 Å². The Bertz CT molecular complexity index is 2390. The Morgan fingerprint density at radius 2 is 1.73 bits per heavy atom. The third kappa shape index (κ3) is 12.7. The summed E-state index contributed by atoms with van der Waals surface area (Å²) in [5.41, 5.74) is 9.70. The highest BCUT2D eigenvalue weighted by molar-refractivity contribution is 5.95. The number of carbonyl (C=O) groups excluding carboxylic acids is 5. The van der Waals surface area contributed by atoms with E-state index in [0.717, 1.165) is 83.4 Å². The van der Waals surface area contributed by atoms with Gasteiger partial charge in [-0.15, -0.1) is 0 Å². The minimum absolute atomic E-state index is 0.0169. The molecule has 2 aromatic carbocycles. The average molecular weight is 925 g/mol. The Hall–Kier alpha value is -6.00. The van der Waals surface area contributed by atoms with Crippen molar-refractivity contribution in [2.45, 2.75) is 112 Å². The lowest BCUT2D eigenvalue weighted by Crippen LogP contribution is -2.58. The topological polar surface area (TPSA) is 181 Å². The molecule has 2 fully saturated rings. The second-order valence-electron chi connectivity index (χ2n) is 18.8. The van der Waals surface area contributed by atoms with Crippen molar-refractivity contribution in [1.29, 1.82) is 0 Å². The Kier molecular flexibility index (Phi) is 18.0. The van der Waals surface area contributed by atoms with Gasteiger partial charge in [-0.3, -0.25) is 29.0 Å². The summed E-state index contributed by atoms with van der Waals surface area (Å²) in [6.45, 7) is 20.7. The molecule has 67 heavy (non-hydrogen) atoms. The van der Waals surface area contributed by atoms with Gasteiger partial charge in [0.25, 0.3) is 5.91 Å². The van der Waals surface area contributed by atoms with E-state index in [1.165, 1.54) is 17.9 Å². The number of aryl methyl sites for hydroxylation is 2. The van der Waals surface area contributed by atoms with Crippen molar-refractivity contribution in [3.8, 4) is 28.3 Å². The minimum Gasteiger partial charge on any atom is -0.508 e. The molecule has 2 aliphatic rings. The maximum atomic E-state index is 14.0. The third-order valence-electron chi connectivity index (χ3n) is 12.6. The highest BCUT2D eigenvalue weighted by Gasteiger charge is 2.34. The molecular formula is C51H72N8O8. The molecule has 6 rings (SSSR count). The number of likely N-dealkylation sites (tertiary alicyclic amines) is 1. The van der Waals surface area contributed by atoms with Gasteiger partial charge >= 0.3 is 5.97 Å². The summed E-state index contributed by atoms with van der Waals surface area (Å²) in [5.74, 6) is -1.16. The summed E-state index contributed by atoms with van der Waals surface area (Å²) < 4.78 is 15.6. The molecule has 2 aliphatic heterocycles. The molecule has 4 amide bonds. The smallest absolute Gasteiger partial charge is 0.302 e. The van der Waals surface area contributed by atoms with E-state index >= 15 is 0 Å². The zero-order chi connectivity index (χ0) is 49.2. The van der Waals surface area contributed by atoms with E-state index in [2.05, 4.69) is 54.8 Å². The van der Waals surface area contributed by atoms with Gasteiger partial charge in [-0.2, -0.15) is 0 Å². The second-order valence-corrected chi connectivity index (χ2v) is 18.8. The molecule has 3 N–H and O–H groups in total. The number of carbonyl (C=O) groups is 5. The molecule has 16 nitrogen and oxygen atoms in total. The summed E-state index contributed by atoms with van der Waals surface area (Å²) in [5, 5.41) is 16.7. The van der Waals surface area contributed by atoms with Crippen LogP contribution in [-0.4, -0.2) is 123 Å². The molecule has 0 radical (unpaired) electrons. The van der Waals surface area contributed by atoms with Crippen LogP contribution in [0.4, 0.5) is 0 Å². The molecule has 364 valence electrons. The average Bonchev–Trinajstić information content (AvgIpc) is 4.05. The molecule has 2 saturated heterocycles. The molecular weight excluding hydrogens is 853 g/mol. The van der Waals surface area contributed by atoms with Gasteiger partial charge in [-0.1, -0.05) is 46.4 Å². The number of benzene rings is 2. The monoisotopic (exact) mass is 925 g/mol. The molecule has 4 aromatic rings. The fraction of sp³-hybridized carbons (Fsp3) is 0.529. The first-order valence-electron chi connectivity index (χ1n) is 23.4. The first-order valence-corrected chi connectivity index (χ1v) is 23.4. The second kappa shape index (κ2) is 23.1. The van der Waals surface area contributed by atoms with Crippen molar-refractivity contribution in [3.05, 3.63) is 72.2 Å².